The van der Waals surface area contributed by atoms with Crippen molar-refractivity contribution in [3.63, 3.8) is 0 Å². The minimum Gasteiger partial charge on any atom is -0.461 e. The van der Waals surface area contributed by atoms with Crippen molar-refractivity contribution < 1.29 is 9.53 Å². The smallest absolute Gasteiger partial charge is 0.360 e. The SMILES string of the molecule is CCOC(=O)c1nnn(C2CCC(C)C(C)C2)c1C(C)C. The summed E-state index contributed by atoms with van der Waals surface area (Å²) in [5.41, 5.74) is 1.30. The van der Waals surface area contributed by atoms with Crippen molar-refractivity contribution in [3.05, 3.63) is 11.4 Å². The van der Waals surface area contributed by atoms with Crippen LogP contribution in [0.4, 0.5) is 0 Å². The first kappa shape index (κ1) is 16.0. The van der Waals surface area contributed by atoms with Crippen molar-refractivity contribution in [1.29, 1.82) is 0 Å². The molecule has 0 bridgehead atoms. The normalized spacial score (nSPS) is 26.1. The van der Waals surface area contributed by atoms with Crippen LogP contribution in [0.25, 0.3) is 0 Å². The monoisotopic (exact) mass is 293 g/mol. The standard InChI is InChI=1S/C16H27N3O2/c1-6-21-16(20)14-15(10(2)3)19(18-17-14)13-8-7-11(4)12(5)9-13/h10-13H,6-9H2,1-5H3. The van der Waals surface area contributed by atoms with Crippen LogP contribution >= 0.6 is 0 Å². The molecule has 1 aliphatic rings. The van der Waals surface area contributed by atoms with E-state index in [9.17, 15) is 4.79 Å². The van der Waals surface area contributed by atoms with Crippen molar-refractivity contribution >= 4 is 5.97 Å². The third-order valence-electron chi connectivity index (χ3n) is 4.66. The lowest BCUT2D eigenvalue weighted by atomic mass is 9.79. The minimum absolute atomic E-state index is 0.203. The highest BCUT2D eigenvalue weighted by molar-refractivity contribution is 5.88. The van der Waals surface area contributed by atoms with Crippen molar-refractivity contribution in [3.8, 4) is 0 Å². The molecule has 1 heterocycles. The van der Waals surface area contributed by atoms with E-state index in [0.29, 0.717) is 24.3 Å². The summed E-state index contributed by atoms with van der Waals surface area (Å²) < 4.78 is 7.09. The molecule has 3 unspecified atom stereocenters. The molecule has 3 atom stereocenters. The van der Waals surface area contributed by atoms with Gasteiger partial charge in [-0.3, -0.25) is 0 Å². The van der Waals surface area contributed by atoms with E-state index >= 15 is 0 Å². The molecule has 0 radical (unpaired) electrons. The molecule has 0 aliphatic heterocycles. The highest BCUT2D eigenvalue weighted by Crippen LogP contribution is 2.37. The maximum Gasteiger partial charge on any atom is 0.360 e. The Morgan fingerprint density at radius 3 is 2.62 bits per heavy atom. The molecule has 1 aliphatic carbocycles. The van der Waals surface area contributed by atoms with E-state index in [0.717, 1.165) is 24.5 Å². The summed E-state index contributed by atoms with van der Waals surface area (Å²) in [5, 5.41) is 8.40. The average Bonchev–Trinajstić information content (AvgIpc) is 2.87. The molecule has 5 nitrogen and oxygen atoms in total. The molecule has 21 heavy (non-hydrogen) atoms. The number of esters is 1. The summed E-state index contributed by atoms with van der Waals surface area (Å²) in [4.78, 5) is 12.0. The summed E-state index contributed by atoms with van der Waals surface area (Å²) in [6.07, 6.45) is 3.42. The van der Waals surface area contributed by atoms with Crippen LogP contribution in [0.3, 0.4) is 0 Å². The second kappa shape index (κ2) is 6.58. The number of aromatic nitrogens is 3. The van der Waals surface area contributed by atoms with E-state index < -0.39 is 0 Å². The zero-order valence-electron chi connectivity index (χ0n) is 13.8. The van der Waals surface area contributed by atoms with Crippen LogP contribution < -0.4 is 0 Å². The van der Waals surface area contributed by atoms with Gasteiger partial charge in [-0.05, 0) is 43.9 Å². The number of rotatable bonds is 4. The molecular formula is C16H27N3O2. The Kier molecular flexibility index (Phi) is 5.01. The molecule has 0 aromatic carbocycles. The molecule has 118 valence electrons. The van der Waals surface area contributed by atoms with E-state index in [2.05, 4.69) is 38.0 Å². The summed E-state index contributed by atoms with van der Waals surface area (Å²) in [5.74, 6) is 1.29. The van der Waals surface area contributed by atoms with Crippen LogP contribution in [0.5, 0.6) is 0 Å². The molecule has 1 fully saturated rings. The Bertz CT molecular complexity index is 496. The lowest BCUT2D eigenvalue weighted by molar-refractivity contribution is 0.0517. The summed E-state index contributed by atoms with van der Waals surface area (Å²) >= 11 is 0. The third-order valence-corrected chi connectivity index (χ3v) is 4.66. The number of carbonyl (C=O) groups excluding carboxylic acids is 1. The van der Waals surface area contributed by atoms with Crippen LogP contribution in [0.2, 0.25) is 0 Å². The van der Waals surface area contributed by atoms with E-state index in [1.165, 1.54) is 6.42 Å². The fourth-order valence-electron chi connectivity index (χ4n) is 3.19. The van der Waals surface area contributed by atoms with Gasteiger partial charge in [0.25, 0.3) is 0 Å². The van der Waals surface area contributed by atoms with Gasteiger partial charge in [-0.25, -0.2) is 9.48 Å². The Balaban J connectivity index is 2.30. The fourth-order valence-corrected chi connectivity index (χ4v) is 3.19. The molecule has 5 heteroatoms. The molecule has 1 aromatic rings. The lowest BCUT2D eigenvalue weighted by Gasteiger charge is -2.33. The molecule has 0 saturated heterocycles. The third kappa shape index (κ3) is 3.27. The van der Waals surface area contributed by atoms with Crippen molar-refractivity contribution in [2.24, 2.45) is 11.8 Å². The molecule has 0 spiro atoms. The van der Waals surface area contributed by atoms with Gasteiger partial charge in [0.05, 0.1) is 18.3 Å². The zero-order chi connectivity index (χ0) is 15.6. The van der Waals surface area contributed by atoms with Crippen LogP contribution in [-0.4, -0.2) is 27.6 Å². The van der Waals surface area contributed by atoms with Crippen molar-refractivity contribution in [2.75, 3.05) is 6.61 Å². The van der Waals surface area contributed by atoms with Crippen LogP contribution in [-0.2, 0) is 4.74 Å². The van der Waals surface area contributed by atoms with E-state index in [4.69, 9.17) is 4.74 Å². The van der Waals surface area contributed by atoms with Crippen LogP contribution in [0.1, 0.15) is 82.0 Å². The highest BCUT2D eigenvalue weighted by Gasteiger charge is 2.31. The van der Waals surface area contributed by atoms with Gasteiger partial charge in [0.2, 0.25) is 0 Å². The largest absolute Gasteiger partial charge is 0.461 e. The first-order chi connectivity index (χ1) is 9.95. The topological polar surface area (TPSA) is 57.0 Å². The second-order valence-corrected chi connectivity index (χ2v) is 6.56. The maximum atomic E-state index is 12.0. The molecule has 2 rings (SSSR count). The second-order valence-electron chi connectivity index (χ2n) is 6.56. The Morgan fingerprint density at radius 2 is 2.05 bits per heavy atom. The fraction of sp³-hybridized carbons (Fsp3) is 0.812. The number of ether oxygens (including phenoxy) is 1. The summed E-state index contributed by atoms with van der Waals surface area (Å²) in [6, 6.07) is 0.351. The van der Waals surface area contributed by atoms with Crippen molar-refractivity contribution in [2.45, 2.75) is 65.8 Å². The first-order valence-electron chi connectivity index (χ1n) is 8.07. The molecule has 1 aromatic heterocycles. The van der Waals surface area contributed by atoms with E-state index in [1.54, 1.807) is 0 Å². The molecular weight excluding hydrogens is 266 g/mol. The van der Waals surface area contributed by atoms with Gasteiger partial charge < -0.3 is 4.74 Å². The molecule has 0 amide bonds. The van der Waals surface area contributed by atoms with Gasteiger partial charge in [0, 0.05) is 0 Å². The first-order valence-corrected chi connectivity index (χ1v) is 8.07. The predicted octanol–water partition coefficient (Wildman–Crippen LogP) is 3.58. The number of hydrogen-bond donors (Lipinski definition) is 0. The quantitative estimate of drug-likeness (QED) is 0.796. The Hall–Kier alpha value is -1.39. The molecule has 0 N–H and O–H groups in total. The number of hydrogen-bond acceptors (Lipinski definition) is 4. The zero-order valence-corrected chi connectivity index (χ0v) is 13.8. The Labute approximate surface area is 127 Å². The summed E-state index contributed by atoms with van der Waals surface area (Å²) in [7, 11) is 0. The van der Waals surface area contributed by atoms with Gasteiger partial charge in [0.15, 0.2) is 5.69 Å². The minimum atomic E-state index is -0.357. The maximum absolute atomic E-state index is 12.0. The van der Waals surface area contributed by atoms with Gasteiger partial charge in [-0.15, -0.1) is 5.10 Å². The number of nitrogens with zero attached hydrogens (tertiary/aromatic N) is 3. The van der Waals surface area contributed by atoms with Crippen molar-refractivity contribution in [1.82, 2.24) is 15.0 Å². The van der Waals surface area contributed by atoms with Gasteiger partial charge in [0.1, 0.15) is 0 Å². The van der Waals surface area contributed by atoms with E-state index in [1.807, 2.05) is 11.6 Å². The van der Waals surface area contributed by atoms with E-state index in [-0.39, 0.29) is 11.9 Å². The highest BCUT2D eigenvalue weighted by atomic mass is 16.5. The summed E-state index contributed by atoms with van der Waals surface area (Å²) in [6.45, 7) is 10.9. The molecule has 1 saturated carbocycles. The predicted molar refractivity (Wildman–Crippen MR) is 81.3 cm³/mol. The van der Waals surface area contributed by atoms with Gasteiger partial charge >= 0.3 is 5.97 Å². The lowest BCUT2D eigenvalue weighted by Crippen LogP contribution is -2.25. The van der Waals surface area contributed by atoms with Gasteiger partial charge in [-0.1, -0.05) is 32.9 Å². The van der Waals surface area contributed by atoms with Crippen LogP contribution in [0.15, 0.2) is 0 Å². The Morgan fingerprint density at radius 1 is 1.33 bits per heavy atom. The average molecular weight is 293 g/mol. The van der Waals surface area contributed by atoms with Crippen LogP contribution in [0, 0.1) is 11.8 Å². The van der Waals surface area contributed by atoms with Gasteiger partial charge in [-0.2, -0.15) is 0 Å². The number of carbonyl (C=O) groups is 1.